The molecule has 3 rings (SSSR count). The number of rotatable bonds is 3. The van der Waals surface area contributed by atoms with Crippen molar-refractivity contribution in [1.29, 1.82) is 0 Å². The Labute approximate surface area is 130 Å². The number of carbonyl (C=O) groups excluding carboxylic acids is 2. The maximum absolute atomic E-state index is 13.3. The van der Waals surface area contributed by atoms with E-state index in [0.717, 1.165) is 11.6 Å². The maximum Gasteiger partial charge on any atom is 0.286 e. The van der Waals surface area contributed by atoms with Crippen molar-refractivity contribution in [2.24, 2.45) is 5.73 Å². The lowest BCUT2D eigenvalue weighted by atomic mass is 10.1. The summed E-state index contributed by atoms with van der Waals surface area (Å²) < 4.78 is 18.6. The van der Waals surface area contributed by atoms with E-state index < -0.39 is 17.6 Å². The van der Waals surface area contributed by atoms with Gasteiger partial charge in [-0.1, -0.05) is 17.7 Å². The van der Waals surface area contributed by atoms with Gasteiger partial charge in [0.2, 0.25) is 5.76 Å². The predicted octanol–water partition coefficient (Wildman–Crippen LogP) is 3.23. The van der Waals surface area contributed by atoms with Gasteiger partial charge in [0.1, 0.15) is 17.1 Å². The van der Waals surface area contributed by atoms with Crippen LogP contribution in [0.15, 0.2) is 46.9 Å². The summed E-state index contributed by atoms with van der Waals surface area (Å²) in [4.78, 5) is 23.9. The first-order valence-electron chi connectivity index (χ1n) is 6.85. The zero-order valence-electron chi connectivity index (χ0n) is 12.2. The fourth-order valence-corrected chi connectivity index (χ4v) is 2.34. The first-order chi connectivity index (χ1) is 11.0. The Hall–Kier alpha value is -3.15. The Balaban J connectivity index is 2.06. The SMILES string of the molecule is Cc1cccc(C(=O)Nc2c(C(N)=O)oc3cc(F)ccc23)c1. The maximum atomic E-state index is 13.3. The summed E-state index contributed by atoms with van der Waals surface area (Å²) in [6.45, 7) is 1.86. The second-order valence-electron chi connectivity index (χ2n) is 5.13. The molecule has 0 aliphatic carbocycles. The van der Waals surface area contributed by atoms with E-state index in [2.05, 4.69) is 5.32 Å². The van der Waals surface area contributed by atoms with Gasteiger partial charge in [-0.15, -0.1) is 0 Å². The lowest BCUT2D eigenvalue weighted by molar-refractivity contribution is 0.0977. The van der Waals surface area contributed by atoms with Crippen molar-refractivity contribution in [3.05, 3.63) is 65.2 Å². The van der Waals surface area contributed by atoms with Crippen molar-refractivity contribution in [3.63, 3.8) is 0 Å². The highest BCUT2D eigenvalue weighted by atomic mass is 19.1. The van der Waals surface area contributed by atoms with Gasteiger partial charge in [-0.25, -0.2) is 4.39 Å². The second-order valence-corrected chi connectivity index (χ2v) is 5.13. The third-order valence-electron chi connectivity index (χ3n) is 3.39. The molecule has 0 aliphatic rings. The Morgan fingerprint density at radius 2 is 1.96 bits per heavy atom. The highest BCUT2D eigenvalue weighted by Crippen LogP contribution is 2.31. The fraction of sp³-hybridized carbons (Fsp3) is 0.0588. The monoisotopic (exact) mass is 312 g/mol. The van der Waals surface area contributed by atoms with E-state index in [1.807, 2.05) is 13.0 Å². The molecule has 0 atom stereocenters. The van der Waals surface area contributed by atoms with Crippen molar-refractivity contribution in [1.82, 2.24) is 0 Å². The van der Waals surface area contributed by atoms with Gasteiger partial charge >= 0.3 is 0 Å². The number of amides is 2. The molecule has 0 saturated heterocycles. The number of fused-ring (bicyclic) bond motifs is 1. The molecular formula is C17H13FN2O3. The molecule has 5 nitrogen and oxygen atoms in total. The van der Waals surface area contributed by atoms with Crippen LogP contribution in [0.5, 0.6) is 0 Å². The van der Waals surface area contributed by atoms with Crippen LogP contribution in [0.4, 0.5) is 10.1 Å². The average molecular weight is 312 g/mol. The molecule has 0 spiro atoms. The van der Waals surface area contributed by atoms with Crippen molar-refractivity contribution < 1.29 is 18.4 Å². The highest BCUT2D eigenvalue weighted by Gasteiger charge is 2.21. The zero-order valence-corrected chi connectivity index (χ0v) is 12.2. The second kappa shape index (κ2) is 5.57. The number of hydrogen-bond donors (Lipinski definition) is 2. The van der Waals surface area contributed by atoms with Gasteiger partial charge in [0.15, 0.2) is 0 Å². The molecule has 2 aromatic carbocycles. The summed E-state index contributed by atoms with van der Waals surface area (Å²) in [5.74, 6) is -1.99. The molecule has 116 valence electrons. The summed E-state index contributed by atoms with van der Waals surface area (Å²) in [6, 6.07) is 10.7. The van der Waals surface area contributed by atoms with Gasteiger partial charge in [-0.05, 0) is 31.2 Å². The molecule has 0 radical (unpaired) electrons. The van der Waals surface area contributed by atoms with Crippen molar-refractivity contribution >= 4 is 28.5 Å². The molecule has 0 aliphatic heterocycles. The van der Waals surface area contributed by atoms with Gasteiger partial charge < -0.3 is 15.5 Å². The molecule has 6 heteroatoms. The van der Waals surface area contributed by atoms with E-state index in [9.17, 15) is 14.0 Å². The number of primary amides is 1. The minimum atomic E-state index is -0.846. The molecular weight excluding hydrogens is 299 g/mol. The van der Waals surface area contributed by atoms with Crippen LogP contribution in [0.2, 0.25) is 0 Å². The summed E-state index contributed by atoms with van der Waals surface area (Å²) >= 11 is 0. The molecule has 1 aromatic heterocycles. The first-order valence-corrected chi connectivity index (χ1v) is 6.85. The molecule has 2 amide bonds. The number of halogens is 1. The van der Waals surface area contributed by atoms with E-state index in [1.165, 1.54) is 12.1 Å². The van der Waals surface area contributed by atoms with Crippen molar-refractivity contribution in [2.75, 3.05) is 5.32 Å². The van der Waals surface area contributed by atoms with Crippen molar-refractivity contribution in [3.8, 4) is 0 Å². The smallest absolute Gasteiger partial charge is 0.286 e. The molecule has 0 bridgehead atoms. The Kier molecular flexibility index (Phi) is 3.57. The van der Waals surface area contributed by atoms with Crippen LogP contribution in [0.1, 0.15) is 26.5 Å². The molecule has 23 heavy (non-hydrogen) atoms. The summed E-state index contributed by atoms with van der Waals surface area (Å²) in [5.41, 5.74) is 6.90. The van der Waals surface area contributed by atoms with E-state index >= 15 is 0 Å². The van der Waals surface area contributed by atoms with Crippen LogP contribution >= 0.6 is 0 Å². The molecule has 3 N–H and O–H groups in total. The Morgan fingerprint density at radius 1 is 1.17 bits per heavy atom. The number of furan rings is 1. The van der Waals surface area contributed by atoms with E-state index in [1.54, 1.807) is 18.2 Å². The van der Waals surface area contributed by atoms with Gasteiger partial charge in [0, 0.05) is 17.0 Å². The molecule has 1 heterocycles. The van der Waals surface area contributed by atoms with Gasteiger partial charge in [0.25, 0.3) is 11.8 Å². The fourth-order valence-electron chi connectivity index (χ4n) is 2.34. The quantitative estimate of drug-likeness (QED) is 0.778. The number of nitrogens with two attached hydrogens (primary N) is 1. The Morgan fingerprint density at radius 3 is 2.65 bits per heavy atom. The van der Waals surface area contributed by atoms with E-state index in [4.69, 9.17) is 10.2 Å². The summed E-state index contributed by atoms with van der Waals surface area (Å²) in [6.07, 6.45) is 0. The highest BCUT2D eigenvalue weighted by molar-refractivity contribution is 6.14. The minimum absolute atomic E-state index is 0.137. The van der Waals surface area contributed by atoms with Gasteiger partial charge in [0.05, 0.1) is 0 Å². The number of carbonyl (C=O) groups is 2. The minimum Gasteiger partial charge on any atom is -0.449 e. The number of hydrogen-bond acceptors (Lipinski definition) is 3. The number of nitrogens with one attached hydrogen (secondary N) is 1. The summed E-state index contributed by atoms with van der Waals surface area (Å²) in [7, 11) is 0. The standard InChI is InChI=1S/C17H13FN2O3/c1-9-3-2-4-10(7-9)17(22)20-14-12-6-5-11(18)8-13(12)23-15(14)16(19)21/h2-8H,1H3,(H2,19,21)(H,20,22). The van der Waals surface area contributed by atoms with Crippen LogP contribution in [-0.2, 0) is 0 Å². The molecule has 0 saturated carbocycles. The number of anilines is 1. The molecule has 0 fully saturated rings. The molecule has 3 aromatic rings. The van der Waals surface area contributed by atoms with E-state index in [0.29, 0.717) is 10.9 Å². The van der Waals surface area contributed by atoms with Crippen LogP contribution < -0.4 is 11.1 Å². The van der Waals surface area contributed by atoms with Gasteiger partial charge in [-0.2, -0.15) is 0 Å². The normalized spacial score (nSPS) is 10.7. The third kappa shape index (κ3) is 2.78. The lowest BCUT2D eigenvalue weighted by Crippen LogP contribution is -2.17. The van der Waals surface area contributed by atoms with Crippen LogP contribution in [-0.4, -0.2) is 11.8 Å². The summed E-state index contributed by atoms with van der Waals surface area (Å²) in [5, 5.41) is 3.03. The van der Waals surface area contributed by atoms with Crippen LogP contribution in [0, 0.1) is 12.7 Å². The lowest BCUT2D eigenvalue weighted by Gasteiger charge is -2.05. The van der Waals surface area contributed by atoms with Gasteiger partial charge in [-0.3, -0.25) is 9.59 Å². The van der Waals surface area contributed by atoms with Crippen LogP contribution in [0.3, 0.4) is 0 Å². The molecule has 0 unspecified atom stereocenters. The van der Waals surface area contributed by atoms with E-state index in [-0.39, 0.29) is 17.0 Å². The van der Waals surface area contributed by atoms with Crippen LogP contribution in [0.25, 0.3) is 11.0 Å². The largest absolute Gasteiger partial charge is 0.449 e. The zero-order chi connectivity index (χ0) is 16.6. The third-order valence-corrected chi connectivity index (χ3v) is 3.39. The number of benzene rings is 2. The topological polar surface area (TPSA) is 85.3 Å². The first kappa shape index (κ1) is 14.8. The average Bonchev–Trinajstić information content (AvgIpc) is 2.85. The number of aryl methyl sites for hydroxylation is 1. The Bertz CT molecular complexity index is 931. The predicted molar refractivity (Wildman–Crippen MR) is 83.8 cm³/mol. The van der Waals surface area contributed by atoms with Crippen molar-refractivity contribution in [2.45, 2.75) is 6.92 Å².